The van der Waals surface area contributed by atoms with Gasteiger partial charge in [-0.15, -0.1) is 0 Å². The summed E-state index contributed by atoms with van der Waals surface area (Å²) in [5, 5.41) is 9.03. The molecule has 0 radical (unpaired) electrons. The fourth-order valence-corrected chi connectivity index (χ4v) is 1.63. The summed E-state index contributed by atoms with van der Waals surface area (Å²) in [4.78, 5) is 0. The van der Waals surface area contributed by atoms with Crippen molar-refractivity contribution in [3.63, 3.8) is 0 Å². The minimum absolute atomic E-state index is 0.0787. The van der Waals surface area contributed by atoms with Crippen LogP contribution in [0.4, 0.5) is 5.69 Å². The lowest BCUT2D eigenvalue weighted by Gasteiger charge is -2.05. The first-order valence-electron chi connectivity index (χ1n) is 3.40. The van der Waals surface area contributed by atoms with Crippen molar-refractivity contribution in [1.82, 2.24) is 0 Å². The number of halogens is 1. The van der Waals surface area contributed by atoms with Crippen LogP contribution in [-0.4, -0.2) is 13.5 Å². The molecule has 0 amide bonds. The monoisotopic (exact) mass is 221 g/mol. The van der Waals surface area contributed by atoms with Crippen LogP contribution in [0.3, 0.4) is 0 Å². The first kappa shape index (κ1) is 10.1. The minimum atomic E-state index is -3.77. The topological polar surface area (TPSA) is 66.4 Å². The second-order valence-corrected chi connectivity index (χ2v) is 4.84. The van der Waals surface area contributed by atoms with E-state index in [1.807, 2.05) is 0 Å². The summed E-state index contributed by atoms with van der Waals surface area (Å²) in [6.45, 7) is 1.66. The van der Waals surface area contributed by atoms with Gasteiger partial charge in [-0.25, -0.2) is 0 Å². The number of aryl methyl sites for hydroxylation is 1. The van der Waals surface area contributed by atoms with Gasteiger partial charge in [0.25, 0.3) is 0 Å². The zero-order chi connectivity index (χ0) is 10.1. The Hall–Kier alpha value is -0.940. The van der Waals surface area contributed by atoms with Crippen LogP contribution in [0.25, 0.3) is 0 Å². The molecule has 1 rings (SSSR count). The molecule has 0 fully saturated rings. The molecule has 0 atom stereocenters. The van der Waals surface area contributed by atoms with Crippen LogP contribution < -0.4 is 4.72 Å². The number of phenols is 1. The van der Waals surface area contributed by atoms with Crippen molar-refractivity contribution in [2.75, 3.05) is 4.72 Å². The second kappa shape index (κ2) is 3.43. The van der Waals surface area contributed by atoms with E-state index in [4.69, 9.17) is 15.8 Å². The molecule has 0 spiro atoms. The van der Waals surface area contributed by atoms with Crippen LogP contribution in [0.1, 0.15) is 5.56 Å². The number of aromatic hydroxyl groups is 1. The van der Waals surface area contributed by atoms with E-state index < -0.39 is 9.24 Å². The van der Waals surface area contributed by atoms with Crippen molar-refractivity contribution in [3.05, 3.63) is 23.8 Å². The summed E-state index contributed by atoms with van der Waals surface area (Å²) >= 11 is 0. The number of phenolic OH excluding ortho intramolecular Hbond substituents is 1. The predicted octanol–water partition coefficient (Wildman–Crippen LogP) is 1.60. The van der Waals surface area contributed by atoms with Crippen LogP contribution in [0.15, 0.2) is 18.2 Å². The first-order chi connectivity index (χ1) is 5.88. The fraction of sp³-hybridized carbons (Fsp3) is 0.143. The van der Waals surface area contributed by atoms with Gasteiger partial charge in [0.05, 0.1) is 5.69 Å². The van der Waals surface area contributed by atoms with Crippen molar-refractivity contribution in [2.45, 2.75) is 6.92 Å². The smallest absolute Gasteiger partial charge is 0.319 e. The van der Waals surface area contributed by atoms with E-state index in [9.17, 15) is 8.42 Å². The highest BCUT2D eigenvalue weighted by Crippen LogP contribution is 2.21. The van der Waals surface area contributed by atoms with Crippen LogP contribution in [0, 0.1) is 6.92 Å². The van der Waals surface area contributed by atoms with Crippen LogP contribution >= 0.6 is 10.7 Å². The van der Waals surface area contributed by atoms with E-state index in [1.165, 1.54) is 18.2 Å². The average Bonchev–Trinajstić information content (AvgIpc) is 1.93. The summed E-state index contributed by atoms with van der Waals surface area (Å²) < 4.78 is 23.4. The predicted molar refractivity (Wildman–Crippen MR) is 51.2 cm³/mol. The Morgan fingerprint density at radius 3 is 2.54 bits per heavy atom. The van der Waals surface area contributed by atoms with E-state index in [1.54, 1.807) is 6.92 Å². The number of anilines is 1. The third kappa shape index (κ3) is 3.12. The normalized spacial score (nSPS) is 11.2. The third-order valence-corrected chi connectivity index (χ3v) is 2.14. The Kier molecular flexibility index (Phi) is 2.68. The van der Waals surface area contributed by atoms with Crippen LogP contribution in [0.2, 0.25) is 0 Å². The number of rotatable bonds is 2. The van der Waals surface area contributed by atoms with Crippen molar-refractivity contribution in [1.29, 1.82) is 0 Å². The van der Waals surface area contributed by atoms with E-state index in [0.717, 1.165) is 0 Å². The van der Waals surface area contributed by atoms with Crippen molar-refractivity contribution in [2.24, 2.45) is 0 Å². The highest BCUT2D eigenvalue weighted by atomic mass is 35.7. The standard InChI is InChI=1S/C7H8ClNO3S/c1-5-4-6(10)2-3-7(5)9-13(8,11)12/h2-4,9-10H,1H3. The lowest BCUT2D eigenvalue weighted by Crippen LogP contribution is -2.05. The third-order valence-electron chi connectivity index (χ3n) is 1.44. The molecule has 13 heavy (non-hydrogen) atoms. The average molecular weight is 222 g/mol. The van der Waals surface area contributed by atoms with Gasteiger partial charge in [0, 0.05) is 10.7 Å². The Balaban J connectivity index is 3.04. The molecule has 0 aromatic heterocycles. The van der Waals surface area contributed by atoms with E-state index in [-0.39, 0.29) is 5.75 Å². The van der Waals surface area contributed by atoms with Gasteiger partial charge in [-0.1, -0.05) is 0 Å². The summed E-state index contributed by atoms with van der Waals surface area (Å²) in [7, 11) is 1.21. The largest absolute Gasteiger partial charge is 0.508 e. The molecule has 0 bridgehead atoms. The lowest BCUT2D eigenvalue weighted by atomic mass is 10.2. The van der Waals surface area contributed by atoms with Crippen molar-refractivity contribution < 1.29 is 13.5 Å². The number of hydrogen-bond acceptors (Lipinski definition) is 3. The quantitative estimate of drug-likeness (QED) is 0.589. The Labute approximate surface area is 80.7 Å². The summed E-state index contributed by atoms with van der Waals surface area (Å²) in [5.41, 5.74) is 0.956. The van der Waals surface area contributed by atoms with Gasteiger partial charge in [0.1, 0.15) is 5.75 Å². The van der Waals surface area contributed by atoms with Crippen LogP contribution in [-0.2, 0) is 9.24 Å². The van der Waals surface area contributed by atoms with E-state index in [0.29, 0.717) is 11.3 Å². The van der Waals surface area contributed by atoms with Gasteiger partial charge in [0.15, 0.2) is 0 Å². The fourth-order valence-electron chi connectivity index (χ4n) is 0.894. The van der Waals surface area contributed by atoms with Gasteiger partial charge in [-0.2, -0.15) is 8.42 Å². The molecule has 0 aliphatic carbocycles. The SMILES string of the molecule is Cc1cc(O)ccc1NS(=O)(=O)Cl. The molecular formula is C7H8ClNO3S. The summed E-state index contributed by atoms with van der Waals surface area (Å²) in [6.07, 6.45) is 0. The van der Waals surface area contributed by atoms with Crippen LogP contribution in [0.5, 0.6) is 5.75 Å². The molecule has 72 valence electrons. The molecule has 2 N–H and O–H groups in total. The van der Waals surface area contributed by atoms with E-state index in [2.05, 4.69) is 4.72 Å². The van der Waals surface area contributed by atoms with Gasteiger partial charge < -0.3 is 5.11 Å². The molecule has 0 heterocycles. The molecular weight excluding hydrogens is 214 g/mol. The lowest BCUT2D eigenvalue weighted by molar-refractivity contribution is 0.475. The maximum atomic E-state index is 10.6. The molecule has 0 saturated carbocycles. The molecule has 1 aromatic carbocycles. The Bertz CT molecular complexity index is 416. The minimum Gasteiger partial charge on any atom is -0.508 e. The number of nitrogens with one attached hydrogen (secondary N) is 1. The highest BCUT2D eigenvalue weighted by Gasteiger charge is 2.06. The second-order valence-electron chi connectivity index (χ2n) is 2.54. The molecule has 0 saturated heterocycles. The highest BCUT2D eigenvalue weighted by molar-refractivity contribution is 8.14. The van der Waals surface area contributed by atoms with Gasteiger partial charge in [-0.05, 0) is 30.7 Å². The maximum absolute atomic E-state index is 10.6. The van der Waals surface area contributed by atoms with Gasteiger partial charge in [0.2, 0.25) is 0 Å². The number of benzene rings is 1. The molecule has 4 nitrogen and oxygen atoms in total. The zero-order valence-corrected chi connectivity index (χ0v) is 8.35. The number of hydrogen-bond donors (Lipinski definition) is 2. The molecule has 0 unspecified atom stereocenters. The van der Waals surface area contributed by atoms with Crippen molar-refractivity contribution in [3.8, 4) is 5.75 Å². The molecule has 0 aliphatic heterocycles. The molecule has 0 aliphatic rings. The molecule has 1 aromatic rings. The summed E-state index contributed by atoms with van der Waals surface area (Å²) in [6, 6.07) is 4.24. The Morgan fingerprint density at radius 2 is 2.08 bits per heavy atom. The summed E-state index contributed by atoms with van der Waals surface area (Å²) in [5.74, 6) is 0.0787. The van der Waals surface area contributed by atoms with Gasteiger partial charge in [-0.3, -0.25) is 4.72 Å². The maximum Gasteiger partial charge on any atom is 0.319 e. The zero-order valence-electron chi connectivity index (χ0n) is 6.78. The van der Waals surface area contributed by atoms with Gasteiger partial charge >= 0.3 is 9.24 Å². The Morgan fingerprint density at radius 1 is 1.46 bits per heavy atom. The molecule has 6 heteroatoms. The van der Waals surface area contributed by atoms with E-state index >= 15 is 0 Å². The first-order valence-corrected chi connectivity index (χ1v) is 5.71. The van der Waals surface area contributed by atoms with Crippen molar-refractivity contribution >= 4 is 25.6 Å².